The second-order valence-corrected chi connectivity index (χ2v) is 5.66. The van der Waals surface area contributed by atoms with Gasteiger partial charge in [0.25, 0.3) is 0 Å². The van der Waals surface area contributed by atoms with Crippen LogP contribution in [-0.2, 0) is 6.54 Å². The van der Waals surface area contributed by atoms with Crippen molar-refractivity contribution in [2.75, 3.05) is 13.1 Å². The summed E-state index contributed by atoms with van der Waals surface area (Å²) in [5.74, 6) is -0.983. The molecule has 1 aliphatic rings. The zero-order chi connectivity index (χ0) is 14.5. The predicted octanol–water partition coefficient (Wildman–Crippen LogP) is 3.32. The van der Waals surface area contributed by atoms with Crippen molar-refractivity contribution in [3.05, 3.63) is 35.4 Å². The van der Waals surface area contributed by atoms with Gasteiger partial charge >= 0.3 is 0 Å². The first-order valence-electron chi connectivity index (χ1n) is 7.54. The first-order valence-corrected chi connectivity index (χ1v) is 7.54. The number of nitrogens with one attached hydrogen (secondary N) is 1. The van der Waals surface area contributed by atoms with Gasteiger partial charge in [-0.25, -0.2) is 8.78 Å². The fourth-order valence-electron chi connectivity index (χ4n) is 2.95. The molecule has 1 aromatic carbocycles. The van der Waals surface area contributed by atoms with Crippen LogP contribution in [0, 0.1) is 11.6 Å². The normalized spacial score (nSPS) is 24.0. The summed E-state index contributed by atoms with van der Waals surface area (Å²) in [5.41, 5.74) is 0.723. The van der Waals surface area contributed by atoms with Crippen molar-refractivity contribution in [2.24, 2.45) is 0 Å². The van der Waals surface area contributed by atoms with Gasteiger partial charge in [-0.3, -0.25) is 4.90 Å². The average molecular weight is 282 g/mol. The molecule has 0 spiro atoms. The molecule has 0 saturated carbocycles. The zero-order valence-corrected chi connectivity index (χ0v) is 12.3. The van der Waals surface area contributed by atoms with Gasteiger partial charge in [-0.15, -0.1) is 0 Å². The summed E-state index contributed by atoms with van der Waals surface area (Å²) in [7, 11) is 0. The first kappa shape index (κ1) is 15.4. The maximum Gasteiger partial charge on any atom is 0.126 e. The molecular weight excluding hydrogens is 258 g/mol. The van der Waals surface area contributed by atoms with Crippen LogP contribution in [0.1, 0.15) is 38.7 Å². The Morgan fingerprint density at radius 1 is 1.20 bits per heavy atom. The number of hydrogen-bond donors (Lipinski definition) is 1. The number of benzene rings is 1. The van der Waals surface area contributed by atoms with Crippen LogP contribution in [0.3, 0.4) is 0 Å². The van der Waals surface area contributed by atoms with Crippen LogP contribution in [0.25, 0.3) is 0 Å². The Morgan fingerprint density at radius 2 is 1.90 bits per heavy atom. The lowest BCUT2D eigenvalue weighted by atomic mass is 10.0. The Morgan fingerprint density at radius 3 is 2.50 bits per heavy atom. The Bertz CT molecular complexity index is 416. The maximum atomic E-state index is 13.3. The van der Waals surface area contributed by atoms with Gasteiger partial charge in [0, 0.05) is 37.8 Å². The Kier molecular flexibility index (Phi) is 5.49. The van der Waals surface area contributed by atoms with E-state index in [0.29, 0.717) is 18.6 Å². The molecule has 1 fully saturated rings. The van der Waals surface area contributed by atoms with Gasteiger partial charge in [0.15, 0.2) is 0 Å². The molecule has 2 rings (SSSR count). The molecule has 2 unspecified atom stereocenters. The minimum atomic E-state index is -0.491. The Hall–Kier alpha value is -1.00. The van der Waals surface area contributed by atoms with E-state index in [1.54, 1.807) is 0 Å². The van der Waals surface area contributed by atoms with E-state index in [-0.39, 0.29) is 0 Å². The van der Waals surface area contributed by atoms with Gasteiger partial charge < -0.3 is 5.32 Å². The summed E-state index contributed by atoms with van der Waals surface area (Å²) < 4.78 is 26.6. The van der Waals surface area contributed by atoms with Crippen molar-refractivity contribution >= 4 is 0 Å². The lowest BCUT2D eigenvalue weighted by Gasteiger charge is -2.40. The highest BCUT2D eigenvalue weighted by Crippen LogP contribution is 2.18. The SMILES string of the molecule is CCCC1CNC(CC)CN1Cc1cc(F)cc(F)c1. The number of halogens is 2. The van der Waals surface area contributed by atoms with Crippen molar-refractivity contribution in [3.8, 4) is 0 Å². The molecule has 1 saturated heterocycles. The summed E-state index contributed by atoms with van der Waals surface area (Å²) in [4.78, 5) is 2.36. The molecule has 0 amide bonds. The standard InChI is InChI=1S/C16H24F2N2/c1-3-5-16-9-19-15(4-2)11-20(16)10-12-6-13(17)8-14(18)7-12/h6-8,15-16,19H,3-5,9-11H2,1-2H3. The molecule has 2 atom stereocenters. The largest absolute Gasteiger partial charge is 0.311 e. The van der Waals surface area contributed by atoms with Crippen molar-refractivity contribution in [2.45, 2.75) is 51.7 Å². The third-order valence-electron chi connectivity index (χ3n) is 4.04. The minimum Gasteiger partial charge on any atom is -0.311 e. The van der Waals surface area contributed by atoms with Crippen LogP contribution < -0.4 is 5.32 Å². The van der Waals surface area contributed by atoms with Gasteiger partial charge in [-0.1, -0.05) is 20.3 Å². The third-order valence-corrected chi connectivity index (χ3v) is 4.04. The van der Waals surface area contributed by atoms with Crippen LogP contribution in [0.15, 0.2) is 18.2 Å². The smallest absolute Gasteiger partial charge is 0.126 e. The molecule has 0 aliphatic carbocycles. The molecule has 1 heterocycles. The third kappa shape index (κ3) is 4.00. The fourth-order valence-corrected chi connectivity index (χ4v) is 2.95. The minimum absolute atomic E-state index is 0.453. The maximum absolute atomic E-state index is 13.3. The van der Waals surface area contributed by atoms with Crippen LogP contribution >= 0.6 is 0 Å². The second kappa shape index (κ2) is 7.14. The van der Waals surface area contributed by atoms with E-state index < -0.39 is 11.6 Å². The molecule has 20 heavy (non-hydrogen) atoms. The monoisotopic (exact) mass is 282 g/mol. The van der Waals surface area contributed by atoms with Crippen LogP contribution in [-0.4, -0.2) is 30.1 Å². The average Bonchev–Trinajstić information content (AvgIpc) is 2.40. The number of rotatable bonds is 5. The molecule has 1 N–H and O–H groups in total. The fraction of sp³-hybridized carbons (Fsp3) is 0.625. The van der Waals surface area contributed by atoms with Crippen molar-refractivity contribution in [1.82, 2.24) is 10.2 Å². The second-order valence-electron chi connectivity index (χ2n) is 5.66. The lowest BCUT2D eigenvalue weighted by molar-refractivity contribution is 0.113. The molecule has 0 bridgehead atoms. The van der Waals surface area contributed by atoms with Crippen LogP contribution in [0.2, 0.25) is 0 Å². The molecule has 0 radical (unpaired) electrons. The highest BCUT2D eigenvalue weighted by molar-refractivity contribution is 5.18. The summed E-state index contributed by atoms with van der Waals surface area (Å²) in [6, 6.07) is 4.74. The van der Waals surface area contributed by atoms with E-state index in [0.717, 1.165) is 44.0 Å². The molecule has 4 heteroatoms. The molecule has 1 aliphatic heterocycles. The molecule has 112 valence electrons. The van der Waals surface area contributed by atoms with E-state index in [2.05, 4.69) is 24.1 Å². The molecule has 1 aromatic rings. The van der Waals surface area contributed by atoms with Crippen LogP contribution in [0.4, 0.5) is 8.78 Å². The van der Waals surface area contributed by atoms with Crippen molar-refractivity contribution < 1.29 is 8.78 Å². The van der Waals surface area contributed by atoms with E-state index in [1.807, 2.05) is 0 Å². The predicted molar refractivity (Wildman–Crippen MR) is 77.5 cm³/mol. The van der Waals surface area contributed by atoms with Crippen LogP contribution in [0.5, 0.6) is 0 Å². The van der Waals surface area contributed by atoms with Gasteiger partial charge in [-0.2, -0.15) is 0 Å². The zero-order valence-electron chi connectivity index (χ0n) is 12.3. The Balaban J connectivity index is 2.09. The topological polar surface area (TPSA) is 15.3 Å². The summed E-state index contributed by atoms with van der Waals surface area (Å²) >= 11 is 0. The van der Waals surface area contributed by atoms with Gasteiger partial charge in [0.2, 0.25) is 0 Å². The van der Waals surface area contributed by atoms with Gasteiger partial charge in [0.1, 0.15) is 11.6 Å². The summed E-state index contributed by atoms with van der Waals surface area (Å²) in [6.07, 6.45) is 3.31. The van der Waals surface area contributed by atoms with E-state index in [4.69, 9.17) is 0 Å². The van der Waals surface area contributed by atoms with E-state index in [1.165, 1.54) is 12.1 Å². The molecule has 2 nitrogen and oxygen atoms in total. The van der Waals surface area contributed by atoms with E-state index in [9.17, 15) is 8.78 Å². The Labute approximate surface area is 120 Å². The summed E-state index contributed by atoms with van der Waals surface area (Å²) in [5, 5.41) is 3.55. The number of nitrogens with zero attached hydrogens (tertiary/aromatic N) is 1. The molecule has 0 aromatic heterocycles. The highest BCUT2D eigenvalue weighted by atomic mass is 19.1. The quantitative estimate of drug-likeness (QED) is 0.891. The lowest BCUT2D eigenvalue weighted by Crippen LogP contribution is -2.55. The number of hydrogen-bond acceptors (Lipinski definition) is 2. The number of piperazine rings is 1. The van der Waals surface area contributed by atoms with E-state index >= 15 is 0 Å². The highest BCUT2D eigenvalue weighted by Gasteiger charge is 2.26. The van der Waals surface area contributed by atoms with Gasteiger partial charge in [-0.05, 0) is 30.5 Å². The van der Waals surface area contributed by atoms with Crippen molar-refractivity contribution in [1.29, 1.82) is 0 Å². The van der Waals surface area contributed by atoms with Gasteiger partial charge in [0.05, 0.1) is 0 Å². The van der Waals surface area contributed by atoms with Crippen molar-refractivity contribution in [3.63, 3.8) is 0 Å². The molecular formula is C16H24F2N2. The first-order chi connectivity index (χ1) is 9.62. The summed E-state index contributed by atoms with van der Waals surface area (Å²) in [6.45, 7) is 6.87.